The third kappa shape index (κ3) is 5.66. The second-order valence-electron chi connectivity index (χ2n) is 14.4. The summed E-state index contributed by atoms with van der Waals surface area (Å²) >= 11 is 0. The Kier molecular flexibility index (Phi) is 7.78. The van der Waals surface area contributed by atoms with Gasteiger partial charge >= 0.3 is 0 Å². The highest BCUT2D eigenvalue weighted by atomic mass is 15.0. The van der Waals surface area contributed by atoms with Crippen LogP contribution in [0.3, 0.4) is 0 Å². The monoisotopic (exact) mass is 726 g/mol. The maximum atomic E-state index is 5.47. The van der Waals surface area contributed by atoms with Crippen LogP contribution in [0.15, 0.2) is 206 Å². The molecule has 3 aromatic heterocycles. The van der Waals surface area contributed by atoms with Crippen LogP contribution in [0.4, 0.5) is 0 Å². The van der Waals surface area contributed by atoms with Gasteiger partial charge in [-0.05, 0) is 52.9 Å². The fraction of sp³-hybridized carbons (Fsp3) is 0. The molecule has 0 unspecified atom stereocenters. The maximum Gasteiger partial charge on any atom is 0.160 e. The highest BCUT2D eigenvalue weighted by molar-refractivity contribution is 6.25. The van der Waals surface area contributed by atoms with Crippen molar-refractivity contribution in [3.8, 4) is 62.0 Å². The number of pyridine rings is 1. The Balaban J connectivity index is 1.09. The summed E-state index contributed by atoms with van der Waals surface area (Å²) in [5.41, 5.74) is 13.6. The number of hydrogen-bond donors (Lipinski definition) is 0. The first kappa shape index (κ1) is 32.7. The van der Waals surface area contributed by atoms with Crippen LogP contribution in [-0.2, 0) is 0 Å². The van der Waals surface area contributed by atoms with Crippen molar-refractivity contribution in [3.05, 3.63) is 206 Å². The molecule has 0 aliphatic heterocycles. The zero-order chi connectivity index (χ0) is 37.7. The van der Waals surface area contributed by atoms with Gasteiger partial charge in [0, 0.05) is 49.5 Å². The van der Waals surface area contributed by atoms with Crippen molar-refractivity contribution < 1.29 is 0 Å². The molecule has 4 heteroatoms. The fourth-order valence-electron chi connectivity index (χ4n) is 8.25. The van der Waals surface area contributed by atoms with E-state index in [0.29, 0.717) is 5.82 Å². The molecule has 11 rings (SSSR count). The van der Waals surface area contributed by atoms with E-state index in [1.807, 2.05) is 12.1 Å². The summed E-state index contributed by atoms with van der Waals surface area (Å²) in [5.74, 6) is 0.680. The first-order valence-corrected chi connectivity index (χ1v) is 19.3. The average molecular weight is 727 g/mol. The Morgan fingerprint density at radius 2 is 0.877 bits per heavy atom. The van der Waals surface area contributed by atoms with Gasteiger partial charge in [0.15, 0.2) is 5.82 Å². The number of hydrogen-bond acceptors (Lipinski definition) is 3. The van der Waals surface area contributed by atoms with Crippen molar-refractivity contribution in [3.63, 3.8) is 0 Å². The summed E-state index contributed by atoms with van der Waals surface area (Å²) in [6.45, 7) is 0. The molecule has 0 saturated carbocycles. The van der Waals surface area contributed by atoms with E-state index in [2.05, 4.69) is 199 Å². The van der Waals surface area contributed by atoms with Crippen LogP contribution in [0.2, 0.25) is 0 Å². The van der Waals surface area contributed by atoms with E-state index in [-0.39, 0.29) is 0 Å². The molecule has 266 valence electrons. The van der Waals surface area contributed by atoms with E-state index in [4.69, 9.17) is 15.0 Å². The van der Waals surface area contributed by atoms with Crippen molar-refractivity contribution in [2.75, 3.05) is 0 Å². The largest absolute Gasteiger partial charge is 0.308 e. The molecule has 3 heterocycles. The van der Waals surface area contributed by atoms with E-state index in [1.165, 1.54) is 21.9 Å². The van der Waals surface area contributed by atoms with Crippen LogP contribution in [0.1, 0.15) is 0 Å². The minimum absolute atomic E-state index is 0.680. The van der Waals surface area contributed by atoms with E-state index in [0.717, 1.165) is 77.7 Å². The third-order valence-corrected chi connectivity index (χ3v) is 11.0. The van der Waals surface area contributed by atoms with Crippen molar-refractivity contribution in [1.82, 2.24) is 19.5 Å². The van der Waals surface area contributed by atoms with Crippen molar-refractivity contribution in [2.45, 2.75) is 0 Å². The lowest BCUT2D eigenvalue weighted by Crippen LogP contribution is -1.98. The lowest BCUT2D eigenvalue weighted by atomic mass is 10.00. The predicted octanol–water partition coefficient (Wildman–Crippen LogP) is 13.6. The number of nitrogens with zero attached hydrogens (tertiary/aromatic N) is 4. The third-order valence-electron chi connectivity index (χ3n) is 11.0. The molecule has 0 atom stereocenters. The lowest BCUT2D eigenvalue weighted by molar-refractivity contribution is 1.17. The van der Waals surface area contributed by atoms with Crippen LogP contribution in [0.5, 0.6) is 0 Å². The number of fused-ring (bicyclic) bond motifs is 7. The Bertz CT molecular complexity index is 3240. The van der Waals surface area contributed by atoms with Crippen LogP contribution >= 0.6 is 0 Å². The quantitative estimate of drug-likeness (QED) is 0.160. The van der Waals surface area contributed by atoms with E-state index >= 15 is 0 Å². The summed E-state index contributed by atoms with van der Waals surface area (Å²) in [4.78, 5) is 15.8. The van der Waals surface area contributed by atoms with Gasteiger partial charge in [-0.3, -0.25) is 0 Å². The van der Waals surface area contributed by atoms with Crippen LogP contribution in [0.25, 0.3) is 105 Å². The van der Waals surface area contributed by atoms with Crippen LogP contribution < -0.4 is 0 Å². The van der Waals surface area contributed by atoms with Gasteiger partial charge in [-0.2, -0.15) is 0 Å². The SMILES string of the molecule is c1ccc(-c2ccc(-c3cc(-c4ccccc4)nc(-c4ccc(-n5c6ccccc6c6c(-c7ccccc7)nc7c8ccccc8ccc7c65)cc4)n3)cc2)cc1. The second-order valence-corrected chi connectivity index (χ2v) is 14.4. The molecule has 8 aromatic carbocycles. The van der Waals surface area contributed by atoms with Gasteiger partial charge in [0.1, 0.15) is 0 Å². The van der Waals surface area contributed by atoms with Crippen LogP contribution in [-0.4, -0.2) is 19.5 Å². The normalized spacial score (nSPS) is 11.5. The van der Waals surface area contributed by atoms with E-state index < -0.39 is 0 Å². The van der Waals surface area contributed by atoms with Crippen molar-refractivity contribution in [1.29, 1.82) is 0 Å². The molecular weight excluding hydrogens is 693 g/mol. The Morgan fingerprint density at radius 3 is 1.58 bits per heavy atom. The highest BCUT2D eigenvalue weighted by Crippen LogP contribution is 2.43. The van der Waals surface area contributed by atoms with Crippen molar-refractivity contribution >= 4 is 43.5 Å². The fourth-order valence-corrected chi connectivity index (χ4v) is 8.25. The molecule has 11 aromatic rings. The minimum Gasteiger partial charge on any atom is -0.308 e. The summed E-state index contributed by atoms with van der Waals surface area (Å²) < 4.78 is 2.40. The van der Waals surface area contributed by atoms with Gasteiger partial charge in [-0.1, -0.05) is 170 Å². The minimum atomic E-state index is 0.680. The number of benzene rings is 8. The highest BCUT2D eigenvalue weighted by Gasteiger charge is 2.22. The van der Waals surface area contributed by atoms with E-state index in [1.54, 1.807) is 0 Å². The van der Waals surface area contributed by atoms with Gasteiger partial charge in [-0.15, -0.1) is 0 Å². The smallest absolute Gasteiger partial charge is 0.160 e. The number of rotatable bonds is 6. The molecule has 0 radical (unpaired) electrons. The molecule has 0 saturated heterocycles. The molecular formula is C53H34N4. The van der Waals surface area contributed by atoms with Gasteiger partial charge in [0.05, 0.1) is 33.6 Å². The first-order valence-electron chi connectivity index (χ1n) is 19.3. The van der Waals surface area contributed by atoms with Gasteiger partial charge in [-0.25, -0.2) is 15.0 Å². The Morgan fingerprint density at radius 1 is 0.351 bits per heavy atom. The zero-order valence-corrected chi connectivity index (χ0v) is 30.9. The summed E-state index contributed by atoms with van der Waals surface area (Å²) in [7, 11) is 0. The van der Waals surface area contributed by atoms with E-state index in [9.17, 15) is 0 Å². The molecule has 0 N–H and O–H groups in total. The maximum absolute atomic E-state index is 5.47. The molecule has 0 fully saturated rings. The predicted molar refractivity (Wildman–Crippen MR) is 236 cm³/mol. The molecule has 4 nitrogen and oxygen atoms in total. The van der Waals surface area contributed by atoms with Crippen LogP contribution in [0, 0.1) is 0 Å². The first-order chi connectivity index (χ1) is 28.3. The average Bonchev–Trinajstić information content (AvgIpc) is 3.65. The second kappa shape index (κ2) is 13.6. The van der Waals surface area contributed by atoms with Crippen molar-refractivity contribution in [2.24, 2.45) is 0 Å². The molecule has 0 bridgehead atoms. The Hall–Kier alpha value is -7.69. The number of para-hydroxylation sites is 1. The van der Waals surface area contributed by atoms with Gasteiger partial charge in [0.2, 0.25) is 0 Å². The van der Waals surface area contributed by atoms with Gasteiger partial charge < -0.3 is 4.57 Å². The Labute approximate surface area is 330 Å². The topological polar surface area (TPSA) is 43.6 Å². The zero-order valence-electron chi connectivity index (χ0n) is 30.9. The molecule has 57 heavy (non-hydrogen) atoms. The molecule has 0 amide bonds. The lowest BCUT2D eigenvalue weighted by Gasteiger charge is -2.14. The molecule has 0 spiro atoms. The summed E-state index contributed by atoms with van der Waals surface area (Å²) in [5, 5.41) is 5.74. The standard InChI is InChI=1S/C53H34N4/c1-4-14-35(15-5-1)36-24-26-39(27-25-36)47-34-46(38-17-6-2-7-18-38)54-53(55-47)41-28-31-42(32-29-41)57-48-23-13-12-22-44(48)49-50(40-19-8-3-9-20-40)56-51-43-21-11-10-16-37(43)30-33-45(51)52(49)57/h1-34H. The summed E-state index contributed by atoms with van der Waals surface area (Å²) in [6, 6.07) is 72.5. The van der Waals surface area contributed by atoms with Gasteiger partial charge in [0.25, 0.3) is 0 Å². The summed E-state index contributed by atoms with van der Waals surface area (Å²) in [6.07, 6.45) is 0. The number of aromatic nitrogens is 4. The molecule has 0 aliphatic rings. The molecule has 0 aliphatic carbocycles.